The number of H-pyrrole nitrogens is 1. The number of rotatable bonds is 10. The highest BCUT2D eigenvalue weighted by Crippen LogP contribution is 2.34. The molecule has 1 aliphatic carbocycles. The standard InChI is InChI=1S/C22H30F2N4O2S/c23-20(24)14-30-22-27-18-13-28(10-6-19(18)31-22)9-5-15-1-3-16(4-2-15)11-17(29)12-21-25-7-8-26-21/h7-8,15-16,20H,1-6,9-14H2,(H,25,26). The zero-order chi connectivity index (χ0) is 21.6. The summed E-state index contributed by atoms with van der Waals surface area (Å²) in [5.41, 5.74) is 0.985. The van der Waals surface area contributed by atoms with Crippen LogP contribution >= 0.6 is 11.3 Å². The average Bonchev–Trinajstić information content (AvgIpc) is 3.40. The predicted octanol–water partition coefficient (Wildman–Crippen LogP) is 4.27. The third-order valence-electron chi connectivity index (χ3n) is 6.38. The largest absolute Gasteiger partial charge is 0.464 e. The van der Waals surface area contributed by atoms with Gasteiger partial charge in [0.25, 0.3) is 11.6 Å². The number of halogens is 2. The van der Waals surface area contributed by atoms with Gasteiger partial charge in [-0.1, -0.05) is 24.2 Å². The number of thiazole rings is 1. The Bertz CT molecular complexity index is 835. The molecule has 2 aliphatic rings. The summed E-state index contributed by atoms with van der Waals surface area (Å²) in [6.45, 7) is 2.21. The second-order valence-electron chi connectivity index (χ2n) is 8.71. The van der Waals surface area contributed by atoms with Crippen molar-refractivity contribution in [1.29, 1.82) is 0 Å². The molecule has 31 heavy (non-hydrogen) atoms. The molecular weight excluding hydrogens is 422 g/mol. The number of ketones is 1. The van der Waals surface area contributed by atoms with Gasteiger partial charge in [-0.2, -0.15) is 0 Å². The van der Waals surface area contributed by atoms with Crippen molar-refractivity contribution in [2.24, 2.45) is 11.8 Å². The normalized spacial score (nSPS) is 21.9. The van der Waals surface area contributed by atoms with Crippen molar-refractivity contribution in [3.05, 3.63) is 28.8 Å². The van der Waals surface area contributed by atoms with Gasteiger partial charge in [0, 0.05) is 36.8 Å². The fraction of sp³-hybridized carbons (Fsp3) is 0.682. The van der Waals surface area contributed by atoms with E-state index in [1.807, 2.05) is 0 Å². The van der Waals surface area contributed by atoms with E-state index in [4.69, 9.17) is 4.74 Å². The molecule has 1 fully saturated rings. The molecule has 0 bridgehead atoms. The molecular formula is C22H30F2N4O2S. The SMILES string of the molecule is O=C(Cc1ncc[nH]1)CC1CCC(CCN2CCc3sc(OCC(F)F)nc3C2)CC1. The first kappa shape index (κ1) is 22.3. The van der Waals surface area contributed by atoms with Crippen LogP contribution in [0.5, 0.6) is 5.19 Å². The van der Waals surface area contributed by atoms with Gasteiger partial charge < -0.3 is 9.72 Å². The zero-order valence-electron chi connectivity index (χ0n) is 17.7. The third-order valence-corrected chi connectivity index (χ3v) is 7.45. The predicted molar refractivity (Wildman–Crippen MR) is 115 cm³/mol. The third kappa shape index (κ3) is 6.55. The lowest BCUT2D eigenvalue weighted by Crippen LogP contribution is -2.32. The highest BCUT2D eigenvalue weighted by molar-refractivity contribution is 7.13. The smallest absolute Gasteiger partial charge is 0.273 e. The first-order valence-electron chi connectivity index (χ1n) is 11.2. The summed E-state index contributed by atoms with van der Waals surface area (Å²) >= 11 is 1.40. The number of nitrogens with zero attached hydrogens (tertiary/aromatic N) is 3. The van der Waals surface area contributed by atoms with E-state index in [1.165, 1.54) is 35.5 Å². The first-order chi connectivity index (χ1) is 15.0. The Morgan fingerprint density at radius 2 is 2.10 bits per heavy atom. The Hall–Kier alpha value is -1.87. The van der Waals surface area contributed by atoms with Crippen LogP contribution in [0.15, 0.2) is 12.4 Å². The molecule has 4 rings (SSSR count). The van der Waals surface area contributed by atoms with Crippen molar-refractivity contribution in [2.45, 2.75) is 64.3 Å². The molecule has 1 N–H and O–H groups in total. The monoisotopic (exact) mass is 452 g/mol. The van der Waals surface area contributed by atoms with Gasteiger partial charge in [-0.15, -0.1) is 0 Å². The number of aromatic nitrogens is 3. The number of carbonyl (C=O) groups is 1. The fourth-order valence-electron chi connectivity index (χ4n) is 4.68. The molecule has 0 radical (unpaired) electrons. The molecule has 1 aliphatic heterocycles. The number of carbonyl (C=O) groups excluding carboxylic acids is 1. The Balaban J connectivity index is 1.15. The summed E-state index contributed by atoms with van der Waals surface area (Å²) in [7, 11) is 0. The van der Waals surface area contributed by atoms with E-state index >= 15 is 0 Å². The van der Waals surface area contributed by atoms with Crippen LogP contribution in [-0.2, 0) is 24.2 Å². The number of imidazole rings is 1. The van der Waals surface area contributed by atoms with Crippen molar-refractivity contribution in [1.82, 2.24) is 19.9 Å². The maximum Gasteiger partial charge on any atom is 0.273 e. The molecule has 3 heterocycles. The number of ether oxygens (including phenoxy) is 1. The van der Waals surface area contributed by atoms with Crippen LogP contribution in [0, 0.1) is 11.8 Å². The molecule has 0 unspecified atom stereocenters. The summed E-state index contributed by atoms with van der Waals surface area (Å²) < 4.78 is 29.7. The minimum atomic E-state index is -2.47. The van der Waals surface area contributed by atoms with Crippen molar-refractivity contribution >= 4 is 17.1 Å². The fourth-order valence-corrected chi connectivity index (χ4v) is 5.60. The lowest BCUT2D eigenvalue weighted by Gasteiger charge is -2.31. The van der Waals surface area contributed by atoms with Gasteiger partial charge in [0.15, 0.2) is 6.61 Å². The van der Waals surface area contributed by atoms with Crippen molar-refractivity contribution < 1.29 is 18.3 Å². The van der Waals surface area contributed by atoms with E-state index in [9.17, 15) is 13.6 Å². The molecule has 6 nitrogen and oxygen atoms in total. The van der Waals surface area contributed by atoms with Crippen molar-refractivity contribution in [3.8, 4) is 5.19 Å². The number of hydrogen-bond donors (Lipinski definition) is 1. The molecule has 2 aromatic heterocycles. The van der Waals surface area contributed by atoms with Crippen LogP contribution in [0.1, 0.15) is 54.9 Å². The van der Waals surface area contributed by atoms with Crippen LogP contribution in [0.2, 0.25) is 0 Å². The zero-order valence-corrected chi connectivity index (χ0v) is 18.5. The lowest BCUT2D eigenvalue weighted by atomic mass is 9.78. The van der Waals surface area contributed by atoms with Crippen LogP contribution in [0.25, 0.3) is 0 Å². The molecule has 9 heteroatoms. The summed E-state index contributed by atoms with van der Waals surface area (Å²) in [4.78, 5) is 27.4. The maximum absolute atomic E-state index is 12.3. The van der Waals surface area contributed by atoms with Crippen molar-refractivity contribution in [2.75, 3.05) is 19.7 Å². The van der Waals surface area contributed by atoms with Crippen LogP contribution in [0.4, 0.5) is 8.78 Å². The van der Waals surface area contributed by atoms with Crippen LogP contribution in [0.3, 0.4) is 0 Å². The van der Waals surface area contributed by atoms with Gasteiger partial charge in [0.2, 0.25) is 0 Å². The number of alkyl halides is 2. The Labute approximate surface area is 185 Å². The van der Waals surface area contributed by atoms with Gasteiger partial charge in [-0.05, 0) is 44.1 Å². The number of hydrogen-bond acceptors (Lipinski definition) is 6. The van der Waals surface area contributed by atoms with Gasteiger partial charge >= 0.3 is 0 Å². The topological polar surface area (TPSA) is 71.1 Å². The van der Waals surface area contributed by atoms with E-state index in [2.05, 4.69) is 19.9 Å². The van der Waals surface area contributed by atoms with Gasteiger partial charge in [-0.25, -0.2) is 18.7 Å². The number of nitrogens with one attached hydrogen (secondary N) is 1. The lowest BCUT2D eigenvalue weighted by molar-refractivity contribution is -0.119. The Morgan fingerprint density at radius 3 is 2.84 bits per heavy atom. The van der Waals surface area contributed by atoms with Gasteiger partial charge in [-0.3, -0.25) is 9.69 Å². The minimum absolute atomic E-state index is 0.280. The maximum atomic E-state index is 12.3. The Morgan fingerprint density at radius 1 is 1.29 bits per heavy atom. The number of Topliss-reactive ketones (excluding diaryl/α,β-unsaturated/α-hetero) is 1. The quantitative estimate of drug-likeness (QED) is 0.583. The molecule has 170 valence electrons. The second-order valence-corrected chi connectivity index (χ2v) is 9.75. The minimum Gasteiger partial charge on any atom is -0.464 e. The summed E-state index contributed by atoms with van der Waals surface area (Å²) in [6, 6.07) is 0. The van der Waals surface area contributed by atoms with Gasteiger partial charge in [0.05, 0.1) is 12.1 Å². The molecule has 0 spiro atoms. The average molecular weight is 453 g/mol. The molecule has 0 saturated heterocycles. The van der Waals surface area contributed by atoms with E-state index in [1.54, 1.807) is 12.4 Å². The van der Waals surface area contributed by atoms with Crippen molar-refractivity contribution in [3.63, 3.8) is 0 Å². The highest BCUT2D eigenvalue weighted by Gasteiger charge is 2.26. The molecule has 0 atom stereocenters. The van der Waals surface area contributed by atoms with E-state index in [0.717, 1.165) is 56.3 Å². The van der Waals surface area contributed by atoms with Crippen LogP contribution in [-0.4, -0.2) is 51.8 Å². The molecule has 0 aromatic carbocycles. The Kier molecular flexibility index (Phi) is 7.66. The van der Waals surface area contributed by atoms with E-state index < -0.39 is 13.0 Å². The first-order valence-corrected chi connectivity index (χ1v) is 12.0. The summed E-state index contributed by atoms with van der Waals surface area (Å²) in [6.07, 6.45) is 8.79. The van der Waals surface area contributed by atoms with Crippen LogP contribution < -0.4 is 4.74 Å². The molecule has 1 saturated carbocycles. The van der Waals surface area contributed by atoms with Gasteiger partial charge in [0.1, 0.15) is 11.6 Å². The molecule has 0 amide bonds. The second kappa shape index (κ2) is 10.6. The van der Waals surface area contributed by atoms with E-state index in [-0.39, 0.29) is 5.78 Å². The molecule has 2 aromatic rings. The number of aromatic amines is 1. The summed E-state index contributed by atoms with van der Waals surface area (Å²) in [5.74, 6) is 2.27. The summed E-state index contributed by atoms with van der Waals surface area (Å²) in [5, 5.41) is 0.368. The highest BCUT2D eigenvalue weighted by atomic mass is 32.1. The number of fused-ring (bicyclic) bond motifs is 1. The van der Waals surface area contributed by atoms with E-state index in [0.29, 0.717) is 24.0 Å².